The van der Waals surface area contributed by atoms with Gasteiger partial charge in [-0.05, 0) is 125 Å². The maximum absolute atomic E-state index is 15.1. The van der Waals surface area contributed by atoms with Crippen LogP contribution in [0.4, 0.5) is 11.6 Å². The molecule has 7 amide bonds. The highest BCUT2D eigenvalue weighted by Gasteiger charge is 2.42. The molecule has 6 rings (SSSR count). The number of aromatic nitrogens is 5. The van der Waals surface area contributed by atoms with Crippen LogP contribution in [0.2, 0.25) is 0 Å². The molecule has 138 heavy (non-hydrogen) atoms. The molecule has 20 N–H and O–H groups in total. The number of hydrogen-bond acceptors (Lipinski definition) is 33. The fourth-order valence-corrected chi connectivity index (χ4v) is 18.4. The second-order valence-corrected chi connectivity index (χ2v) is 37.7. The number of benzene rings is 2. The number of ether oxygens (including phenoxy) is 2. The number of esters is 2. The molecule has 0 spiro atoms. The number of phenolic OH excluding ortho intramolecular Hbond substituents is 1. The zero-order valence-electron chi connectivity index (χ0n) is 78.0. The fourth-order valence-electron chi connectivity index (χ4n) is 15.2. The van der Waals surface area contributed by atoms with Crippen molar-refractivity contribution in [2.24, 2.45) is 47.2 Å². The lowest BCUT2D eigenvalue weighted by Crippen LogP contribution is -2.50. The maximum Gasteiger partial charge on any atom is 0.326 e. The van der Waals surface area contributed by atoms with E-state index in [9.17, 15) is 117 Å². The van der Waals surface area contributed by atoms with E-state index >= 15 is 4.79 Å². The third-order valence-corrected chi connectivity index (χ3v) is 26.4. The number of carboxylic acid groups (broad SMARTS) is 5. The number of likely N-dealkylation sites (N-methyl/N-ethyl adjacent to an activating group) is 1. The quantitative estimate of drug-likeness (QED) is 0.00442. The monoisotopic (exact) mass is 1990 g/mol. The van der Waals surface area contributed by atoms with Gasteiger partial charge in [0.2, 0.25) is 35.5 Å². The Morgan fingerprint density at radius 3 is 1.97 bits per heavy atom. The number of rotatable bonds is 62. The van der Waals surface area contributed by atoms with Crippen molar-refractivity contribution < 1.29 is 128 Å². The number of nitrogens with two attached hydrogens (primary N) is 2. The van der Waals surface area contributed by atoms with E-state index in [2.05, 4.69) is 67.7 Å². The molecule has 1 unspecified atom stereocenters. The number of aromatic hydroxyl groups is 1. The number of aliphatic carboxylic acids is 5. The standard InChI is InChI=1S/C90H124N18O27S3.H2/c1-9-15-76(122)134-46-108(86(129)61(48(5)10-2)39-70(114)66-17-11-12-30-107(66)8)67(47(3)4)41-71(135-50(7)109)85-102-65(45-136-85)83(127)98-57(33-51-19-25-59(110)26-20-51)32-49(6)79(123)106-105-72(115)18-14-31-137-138-44-55(87(130)131)36-69(113)64(40-75(120)121)101-82(126)54(38-74(118)119)35-68(112)62(16-13-29-94-89(91)92)99-81(125)53(37-73(116)117)34-60(111)27-28-63(88(132)133)100-80(124)52-21-23-56(24-22-52)95-42-58-43-96-78-77(97-58)84(128)104-90(93)103-78;/h19-26,43,45,47-49,53-55,57,61-64,66-67,71,95,110H,9-18,27-42,44,46H2,1-8H3,(H,98,127)(H,99,125)(H,100,124)(H,101,126)(H,105,115)(H,106,123)(H,116,117)(H,118,119)(H,120,121)(H,130,131)(H,132,133)(H4,91,92,94)(H3,93,96,103,104,128);1H/t48?,49-,53-,54-,55+,57+,61-,62-,63-,64-,66+,67+,71+;/m0./s1/i;1+1. The Balaban J connectivity index is 0.0000341. The summed E-state index contributed by atoms with van der Waals surface area (Å²) in [7, 11) is 3.94. The Morgan fingerprint density at radius 2 is 1.36 bits per heavy atom. The van der Waals surface area contributed by atoms with Crippen LogP contribution in [0.15, 0.2) is 64.9 Å². The van der Waals surface area contributed by atoms with Crippen molar-refractivity contribution in [3.63, 3.8) is 0 Å². The first-order valence-corrected chi connectivity index (χ1v) is 48.5. The number of Topliss-reactive ketones (excluding diaryl/α,β-unsaturated/α-hetero) is 4. The number of carboxylic acids is 5. The van der Waals surface area contributed by atoms with Gasteiger partial charge in [-0.1, -0.05) is 88.1 Å². The van der Waals surface area contributed by atoms with Gasteiger partial charge in [-0.25, -0.2) is 19.7 Å². The van der Waals surface area contributed by atoms with E-state index in [1.807, 2.05) is 46.6 Å². The lowest BCUT2D eigenvalue weighted by molar-refractivity contribution is -0.162. The average Bonchev–Trinajstić information content (AvgIpc) is 1.69. The summed E-state index contributed by atoms with van der Waals surface area (Å²) >= 11 is 1.01. The molecule has 4 heterocycles. The molecule has 3 aromatic heterocycles. The number of aromatic amines is 1. The highest BCUT2D eigenvalue weighted by atomic mass is 33.1. The smallest absolute Gasteiger partial charge is 0.326 e. The summed E-state index contributed by atoms with van der Waals surface area (Å²) in [6, 6.07) is 4.46. The molecular formula is C90H126N18O27S3. The number of likely N-dealkylation sites (tertiary alicyclic amines) is 1. The number of carbonyl (C=O) groups is 18. The van der Waals surface area contributed by atoms with E-state index in [0.29, 0.717) is 36.2 Å². The van der Waals surface area contributed by atoms with E-state index in [4.69, 9.17) is 26.4 Å². The number of nitrogens with one attached hydrogen (secondary N) is 10. The third-order valence-electron chi connectivity index (χ3n) is 22.9. The number of amides is 7. The van der Waals surface area contributed by atoms with Gasteiger partial charge in [0, 0.05) is 118 Å². The molecule has 5 aromatic rings. The molecule has 13 atom stereocenters. The van der Waals surface area contributed by atoms with Crippen LogP contribution in [0.3, 0.4) is 0 Å². The van der Waals surface area contributed by atoms with Crippen LogP contribution in [0, 0.1) is 46.8 Å². The Labute approximate surface area is 808 Å². The van der Waals surface area contributed by atoms with E-state index in [1.165, 1.54) is 59.8 Å². The summed E-state index contributed by atoms with van der Waals surface area (Å²) in [6.07, 6.45) is -3.94. The molecule has 0 radical (unpaired) electrons. The zero-order valence-corrected chi connectivity index (χ0v) is 80.4. The van der Waals surface area contributed by atoms with Gasteiger partial charge in [-0.3, -0.25) is 112 Å². The first kappa shape index (κ1) is 114. The number of carbonyl (C=O) groups excluding carboxylic acids is 13. The normalized spacial score (nSPS) is 15.2. The molecule has 1 saturated heterocycles. The molecule has 1 aliphatic heterocycles. The second kappa shape index (κ2) is 57.2. The number of fused-ring (bicyclic) bond motifs is 1. The number of piperidine rings is 1. The van der Waals surface area contributed by atoms with Crippen molar-refractivity contribution in [3.05, 3.63) is 98.0 Å². The minimum atomic E-state index is -2.01. The van der Waals surface area contributed by atoms with Gasteiger partial charge in [0.25, 0.3) is 17.4 Å². The minimum Gasteiger partial charge on any atom is -0.508 e. The van der Waals surface area contributed by atoms with Crippen molar-refractivity contribution in [2.45, 2.75) is 239 Å². The van der Waals surface area contributed by atoms with E-state index in [0.717, 1.165) is 52.3 Å². The average molecular weight is 1990 g/mol. The molecule has 0 bridgehead atoms. The number of hydrazine groups is 1. The van der Waals surface area contributed by atoms with Crippen LogP contribution in [0.1, 0.15) is 228 Å². The van der Waals surface area contributed by atoms with Crippen LogP contribution < -0.4 is 59.8 Å². The first-order valence-electron chi connectivity index (χ1n) is 45.1. The predicted molar refractivity (Wildman–Crippen MR) is 506 cm³/mol. The van der Waals surface area contributed by atoms with Gasteiger partial charge < -0.3 is 88.4 Å². The number of nitrogen functional groups attached to an aromatic ring is 1. The number of anilines is 2. The van der Waals surface area contributed by atoms with Gasteiger partial charge in [0.1, 0.15) is 28.3 Å². The lowest BCUT2D eigenvalue weighted by atomic mass is 9.82. The van der Waals surface area contributed by atoms with Crippen molar-refractivity contribution in [3.8, 4) is 5.75 Å². The predicted octanol–water partition coefficient (Wildman–Crippen LogP) is 5.38. The molecule has 45 nitrogen and oxygen atoms in total. The highest BCUT2D eigenvalue weighted by molar-refractivity contribution is 8.76. The summed E-state index contributed by atoms with van der Waals surface area (Å²) in [6.45, 7) is 12.3. The fraction of sp³-hybridized carbons (Fsp3) is 0.556. The molecule has 1 aliphatic rings. The first-order chi connectivity index (χ1) is 65.3. The number of thiazole rings is 1. The van der Waals surface area contributed by atoms with Crippen LogP contribution in [-0.4, -0.2) is 252 Å². The topological polar surface area (TPSA) is 710 Å². The molecule has 48 heteroatoms. The van der Waals surface area contributed by atoms with Crippen molar-refractivity contribution in [1.29, 1.82) is 5.41 Å². The lowest BCUT2D eigenvalue weighted by Gasteiger charge is -2.39. The van der Waals surface area contributed by atoms with Gasteiger partial charge >= 0.3 is 41.8 Å². The molecular weight excluding hydrogens is 1860 g/mol. The number of guanidine groups is 1. The van der Waals surface area contributed by atoms with Gasteiger partial charge in [-0.15, -0.1) is 11.3 Å². The van der Waals surface area contributed by atoms with Gasteiger partial charge in [0.05, 0.1) is 73.6 Å². The van der Waals surface area contributed by atoms with Crippen LogP contribution in [0.25, 0.3) is 11.2 Å². The summed E-state index contributed by atoms with van der Waals surface area (Å²) < 4.78 is 11.6. The van der Waals surface area contributed by atoms with Gasteiger partial charge in [0.15, 0.2) is 47.3 Å². The number of hydrogen-bond donors (Lipinski definition) is 18. The summed E-state index contributed by atoms with van der Waals surface area (Å²) in [5.41, 5.74) is 16.4. The van der Waals surface area contributed by atoms with Gasteiger partial charge in [-0.2, -0.15) is 4.98 Å². The van der Waals surface area contributed by atoms with Crippen LogP contribution in [-0.2, 0) is 99.2 Å². The minimum absolute atomic E-state index is 0. The summed E-state index contributed by atoms with van der Waals surface area (Å²) in [4.78, 5) is 276. The number of nitrogens with zero attached hydrogens (tertiary/aromatic N) is 6. The molecule has 0 aliphatic carbocycles. The SMILES string of the molecule is CCCC(=O)OCN(C(=O)[C@@H](CC(=O)[C@H]1CCCCN1C)C(C)CC)[C@H](C[C@@H](OC(C)=O)c1nc(C(=O)N[C@@H](Cc2ccc(O)cc2)C[C@H](C)C(=O)NNC(=O)CCCSSC[C@@H](CC(=O)[C@H](CC(=O)O)NC(=O)[C@H](CC(=O)O)CC(=O)[C@H](CCCNC(=N)N)NC(=O)[C@H](CC(=O)O)CC(=O)CC[C@H](NC(=O)c2ccc(NCc3cnc4nc(N)[nH]c(=O)c4n3)cc2)C(=O)O)C(=O)O)cs1)C(C)C.[2HH]. The van der Waals surface area contributed by atoms with E-state index in [-0.39, 0.29) is 147 Å². The maximum atomic E-state index is 15.1. The number of H-pyrrole nitrogens is 1. The van der Waals surface area contributed by atoms with Crippen LogP contribution >= 0.6 is 32.9 Å². The summed E-state index contributed by atoms with van der Waals surface area (Å²) in [5, 5.41) is 84.5. The van der Waals surface area contributed by atoms with Crippen molar-refractivity contribution >= 4 is 168 Å². The molecule has 2 aromatic carbocycles. The third kappa shape index (κ3) is 38.8. The molecule has 0 saturated carbocycles. The summed E-state index contributed by atoms with van der Waals surface area (Å²) in [5.74, 6) is -26.6. The number of phenols is 1. The van der Waals surface area contributed by atoms with E-state index in [1.54, 1.807) is 19.1 Å². The highest BCUT2D eigenvalue weighted by Crippen LogP contribution is 2.35. The number of ketones is 4. The van der Waals surface area contributed by atoms with Crippen LogP contribution in [0.5, 0.6) is 5.75 Å². The second-order valence-electron chi connectivity index (χ2n) is 34.2. The van der Waals surface area contributed by atoms with E-state index < -0.39 is 236 Å². The Hall–Kier alpha value is -13.1. The van der Waals surface area contributed by atoms with Crippen molar-refractivity contribution in [2.75, 3.05) is 49.4 Å². The largest absolute Gasteiger partial charge is 0.508 e. The Bertz CT molecular complexity index is 5190. The zero-order chi connectivity index (χ0) is 102. The molecule has 756 valence electrons. The Morgan fingerprint density at radius 1 is 0.703 bits per heavy atom. The molecule has 1 fully saturated rings. The Kier molecular flexibility index (Phi) is 47.1. The van der Waals surface area contributed by atoms with Crippen molar-refractivity contribution in [1.82, 2.24) is 72.2 Å².